The van der Waals surface area contributed by atoms with Gasteiger partial charge in [0.25, 0.3) is 0 Å². The highest BCUT2D eigenvalue weighted by Gasteiger charge is 2.29. The average Bonchev–Trinajstić information content (AvgIpc) is 2.38. The highest BCUT2D eigenvalue weighted by atomic mass is 16.4. The van der Waals surface area contributed by atoms with Gasteiger partial charge in [-0.2, -0.15) is 0 Å². The van der Waals surface area contributed by atoms with E-state index in [1.54, 1.807) is 15.9 Å². The van der Waals surface area contributed by atoms with Gasteiger partial charge >= 0.3 is 12.0 Å². The number of rotatable bonds is 5. The van der Waals surface area contributed by atoms with Gasteiger partial charge in [0.05, 0.1) is 5.92 Å². The van der Waals surface area contributed by atoms with Crippen molar-refractivity contribution in [2.24, 2.45) is 5.92 Å². The number of hydrogen-bond acceptors (Lipinski definition) is 2. The summed E-state index contributed by atoms with van der Waals surface area (Å²) >= 11 is 0. The molecule has 5 heteroatoms. The van der Waals surface area contributed by atoms with E-state index in [9.17, 15) is 9.59 Å². The van der Waals surface area contributed by atoms with Crippen molar-refractivity contribution in [1.82, 2.24) is 9.80 Å². The molecule has 1 N–H and O–H groups in total. The van der Waals surface area contributed by atoms with Crippen LogP contribution in [0.1, 0.15) is 26.2 Å². The maximum atomic E-state index is 12.3. The lowest BCUT2D eigenvalue weighted by molar-refractivity contribution is -0.143. The normalized spacial score (nSPS) is 19.4. The molecule has 0 saturated carbocycles. The van der Waals surface area contributed by atoms with Gasteiger partial charge in [0.2, 0.25) is 0 Å². The van der Waals surface area contributed by atoms with Gasteiger partial charge in [-0.1, -0.05) is 13.0 Å². The van der Waals surface area contributed by atoms with E-state index in [2.05, 4.69) is 6.58 Å². The zero-order valence-corrected chi connectivity index (χ0v) is 11.0. The number of urea groups is 1. The molecule has 102 valence electrons. The molecule has 18 heavy (non-hydrogen) atoms. The van der Waals surface area contributed by atoms with E-state index in [0.29, 0.717) is 32.6 Å². The van der Waals surface area contributed by atoms with Crippen molar-refractivity contribution >= 4 is 12.0 Å². The molecule has 0 unspecified atom stereocenters. The zero-order chi connectivity index (χ0) is 13.5. The SMILES string of the molecule is C=CCN(CCC)C(=O)N1CCC[C@@H](C(=O)O)C1. The third-order valence-electron chi connectivity index (χ3n) is 3.15. The van der Waals surface area contributed by atoms with Gasteiger partial charge in [0.1, 0.15) is 0 Å². The van der Waals surface area contributed by atoms with E-state index in [0.717, 1.165) is 12.8 Å². The Morgan fingerprint density at radius 3 is 2.83 bits per heavy atom. The van der Waals surface area contributed by atoms with Crippen LogP contribution in [0, 0.1) is 5.92 Å². The largest absolute Gasteiger partial charge is 0.481 e. The lowest BCUT2D eigenvalue weighted by Crippen LogP contribution is -2.49. The predicted molar refractivity (Wildman–Crippen MR) is 69.4 cm³/mol. The smallest absolute Gasteiger partial charge is 0.320 e. The molecule has 0 radical (unpaired) electrons. The third-order valence-corrected chi connectivity index (χ3v) is 3.15. The average molecular weight is 254 g/mol. The second-order valence-electron chi connectivity index (χ2n) is 4.64. The van der Waals surface area contributed by atoms with Gasteiger partial charge in [0.15, 0.2) is 0 Å². The van der Waals surface area contributed by atoms with Crippen molar-refractivity contribution < 1.29 is 14.7 Å². The number of carbonyl (C=O) groups is 2. The van der Waals surface area contributed by atoms with Crippen molar-refractivity contribution in [3.8, 4) is 0 Å². The fraction of sp³-hybridized carbons (Fsp3) is 0.692. The summed E-state index contributed by atoms with van der Waals surface area (Å²) in [6.07, 6.45) is 4.01. The van der Waals surface area contributed by atoms with Crippen LogP contribution in [0.25, 0.3) is 0 Å². The lowest BCUT2D eigenvalue weighted by Gasteiger charge is -2.34. The predicted octanol–water partition coefficient (Wildman–Crippen LogP) is 1.80. The molecule has 0 aromatic rings. The monoisotopic (exact) mass is 254 g/mol. The minimum absolute atomic E-state index is 0.0669. The molecule has 0 aromatic carbocycles. The Kier molecular flexibility index (Phi) is 5.68. The number of likely N-dealkylation sites (tertiary alicyclic amines) is 1. The van der Waals surface area contributed by atoms with Crippen LogP contribution in [0.5, 0.6) is 0 Å². The molecule has 1 atom stereocenters. The van der Waals surface area contributed by atoms with Crippen LogP contribution in [0.4, 0.5) is 4.79 Å². The van der Waals surface area contributed by atoms with Gasteiger partial charge in [-0.05, 0) is 19.3 Å². The zero-order valence-electron chi connectivity index (χ0n) is 11.0. The number of amides is 2. The van der Waals surface area contributed by atoms with Crippen molar-refractivity contribution in [2.75, 3.05) is 26.2 Å². The summed E-state index contributed by atoms with van der Waals surface area (Å²) in [6.45, 7) is 7.83. The van der Waals surface area contributed by atoms with Gasteiger partial charge in [-0.25, -0.2) is 4.79 Å². The maximum absolute atomic E-state index is 12.3. The van der Waals surface area contributed by atoms with Gasteiger partial charge < -0.3 is 14.9 Å². The number of carboxylic acid groups (broad SMARTS) is 1. The summed E-state index contributed by atoms with van der Waals surface area (Å²) in [4.78, 5) is 26.6. The van der Waals surface area contributed by atoms with Crippen molar-refractivity contribution in [1.29, 1.82) is 0 Å². The van der Waals surface area contributed by atoms with Crippen LogP contribution in [-0.4, -0.2) is 53.1 Å². The van der Waals surface area contributed by atoms with Crippen LogP contribution < -0.4 is 0 Å². The van der Waals surface area contributed by atoms with E-state index in [-0.39, 0.29) is 6.03 Å². The number of hydrogen-bond donors (Lipinski definition) is 1. The Morgan fingerprint density at radius 1 is 1.56 bits per heavy atom. The number of nitrogens with zero attached hydrogens (tertiary/aromatic N) is 2. The van der Waals surface area contributed by atoms with Gasteiger partial charge in [0, 0.05) is 26.2 Å². The first-order chi connectivity index (χ1) is 8.60. The molecule has 2 amide bonds. The molecular weight excluding hydrogens is 232 g/mol. The Morgan fingerprint density at radius 2 is 2.28 bits per heavy atom. The Balaban J connectivity index is 2.63. The minimum Gasteiger partial charge on any atom is -0.481 e. The minimum atomic E-state index is -0.807. The Bertz CT molecular complexity index is 317. The fourth-order valence-corrected chi connectivity index (χ4v) is 2.24. The summed E-state index contributed by atoms with van der Waals surface area (Å²) in [6, 6.07) is -0.0669. The number of carboxylic acids is 1. The standard InChI is InChI=1S/C13H22N2O3/c1-3-7-14(8-4-2)13(18)15-9-5-6-11(10-15)12(16)17/h3,11H,1,4-10H2,2H3,(H,16,17)/t11-/m1/s1. The molecule has 1 aliphatic rings. The maximum Gasteiger partial charge on any atom is 0.320 e. The lowest BCUT2D eigenvalue weighted by atomic mass is 9.98. The first-order valence-electron chi connectivity index (χ1n) is 6.47. The number of piperidine rings is 1. The topological polar surface area (TPSA) is 60.9 Å². The summed E-state index contributed by atoms with van der Waals surface area (Å²) < 4.78 is 0. The van der Waals surface area contributed by atoms with E-state index in [1.807, 2.05) is 6.92 Å². The van der Waals surface area contributed by atoms with Crippen molar-refractivity contribution in [3.05, 3.63) is 12.7 Å². The van der Waals surface area contributed by atoms with Crippen LogP contribution in [0.2, 0.25) is 0 Å². The summed E-state index contributed by atoms with van der Waals surface area (Å²) in [5, 5.41) is 9.02. The van der Waals surface area contributed by atoms with Crippen LogP contribution in [0.3, 0.4) is 0 Å². The van der Waals surface area contributed by atoms with Crippen LogP contribution in [0.15, 0.2) is 12.7 Å². The van der Waals surface area contributed by atoms with E-state index < -0.39 is 11.9 Å². The van der Waals surface area contributed by atoms with Crippen LogP contribution in [-0.2, 0) is 4.79 Å². The van der Waals surface area contributed by atoms with E-state index in [4.69, 9.17) is 5.11 Å². The van der Waals surface area contributed by atoms with Gasteiger partial charge in [-0.15, -0.1) is 6.58 Å². The molecule has 1 saturated heterocycles. The molecule has 1 heterocycles. The first kappa shape index (κ1) is 14.5. The quantitative estimate of drug-likeness (QED) is 0.761. The molecule has 5 nitrogen and oxygen atoms in total. The second-order valence-corrected chi connectivity index (χ2v) is 4.64. The molecular formula is C13H22N2O3. The third kappa shape index (κ3) is 3.75. The Labute approximate surface area is 108 Å². The summed E-state index contributed by atoms with van der Waals surface area (Å²) in [5.41, 5.74) is 0. The molecule has 0 bridgehead atoms. The molecule has 1 fully saturated rings. The van der Waals surface area contributed by atoms with Gasteiger partial charge in [-0.3, -0.25) is 4.79 Å². The second kappa shape index (κ2) is 7.03. The van der Waals surface area contributed by atoms with Crippen molar-refractivity contribution in [2.45, 2.75) is 26.2 Å². The molecule has 1 aliphatic heterocycles. The molecule has 0 aliphatic carbocycles. The molecule has 0 aromatic heterocycles. The first-order valence-corrected chi connectivity index (χ1v) is 6.47. The van der Waals surface area contributed by atoms with E-state index >= 15 is 0 Å². The fourth-order valence-electron chi connectivity index (χ4n) is 2.24. The van der Waals surface area contributed by atoms with E-state index in [1.165, 1.54) is 0 Å². The molecule has 1 rings (SSSR count). The summed E-state index contributed by atoms with van der Waals surface area (Å²) in [5.74, 6) is -1.23. The molecule has 0 spiro atoms. The highest BCUT2D eigenvalue weighted by molar-refractivity contribution is 5.76. The highest BCUT2D eigenvalue weighted by Crippen LogP contribution is 2.18. The summed E-state index contributed by atoms with van der Waals surface area (Å²) in [7, 11) is 0. The van der Waals surface area contributed by atoms with Crippen molar-refractivity contribution in [3.63, 3.8) is 0 Å². The Hall–Kier alpha value is -1.52. The number of carbonyl (C=O) groups excluding carboxylic acids is 1. The van der Waals surface area contributed by atoms with Crippen LogP contribution >= 0.6 is 0 Å². The number of aliphatic carboxylic acids is 1.